The highest BCUT2D eigenvalue weighted by Gasteiger charge is 2.21. The SMILES string of the molecule is CCSc1cccc(NCC2CCCCC2C)c1C#N. The van der Waals surface area contributed by atoms with Crippen molar-refractivity contribution in [3.05, 3.63) is 23.8 Å². The van der Waals surface area contributed by atoms with Crippen LogP contribution in [0.25, 0.3) is 0 Å². The zero-order chi connectivity index (χ0) is 14.4. The van der Waals surface area contributed by atoms with Crippen LogP contribution >= 0.6 is 11.8 Å². The minimum Gasteiger partial charge on any atom is -0.384 e. The lowest BCUT2D eigenvalue weighted by Gasteiger charge is -2.29. The summed E-state index contributed by atoms with van der Waals surface area (Å²) in [5, 5.41) is 12.9. The quantitative estimate of drug-likeness (QED) is 0.782. The molecule has 0 amide bonds. The number of nitrogens with one attached hydrogen (secondary N) is 1. The van der Waals surface area contributed by atoms with Crippen LogP contribution in [0.5, 0.6) is 0 Å². The second-order valence-electron chi connectivity index (χ2n) is 5.63. The third kappa shape index (κ3) is 3.70. The van der Waals surface area contributed by atoms with E-state index in [4.69, 9.17) is 0 Å². The first-order chi connectivity index (χ1) is 9.76. The van der Waals surface area contributed by atoms with Gasteiger partial charge in [0.2, 0.25) is 0 Å². The predicted octanol–water partition coefficient (Wildman–Crippen LogP) is 4.91. The lowest BCUT2D eigenvalue weighted by atomic mass is 9.80. The van der Waals surface area contributed by atoms with Crippen molar-refractivity contribution in [2.45, 2.75) is 44.4 Å². The van der Waals surface area contributed by atoms with E-state index in [0.29, 0.717) is 0 Å². The molecule has 0 heterocycles. The van der Waals surface area contributed by atoms with Gasteiger partial charge in [0, 0.05) is 11.4 Å². The summed E-state index contributed by atoms with van der Waals surface area (Å²) < 4.78 is 0. The van der Waals surface area contributed by atoms with Gasteiger partial charge in [0.05, 0.1) is 11.3 Å². The number of nitriles is 1. The Morgan fingerprint density at radius 3 is 2.85 bits per heavy atom. The number of thioether (sulfide) groups is 1. The van der Waals surface area contributed by atoms with Crippen molar-refractivity contribution in [3.63, 3.8) is 0 Å². The van der Waals surface area contributed by atoms with Crippen LogP contribution in [-0.2, 0) is 0 Å². The summed E-state index contributed by atoms with van der Waals surface area (Å²) in [6.07, 6.45) is 5.40. The van der Waals surface area contributed by atoms with Crippen LogP contribution in [0.15, 0.2) is 23.1 Å². The Hall–Kier alpha value is -1.14. The zero-order valence-electron chi connectivity index (χ0n) is 12.5. The first kappa shape index (κ1) is 15.3. The fourth-order valence-corrected chi connectivity index (χ4v) is 3.79. The second-order valence-corrected chi connectivity index (χ2v) is 6.93. The Morgan fingerprint density at radius 1 is 1.35 bits per heavy atom. The van der Waals surface area contributed by atoms with Crippen molar-refractivity contribution in [3.8, 4) is 6.07 Å². The van der Waals surface area contributed by atoms with E-state index in [1.807, 2.05) is 18.2 Å². The molecule has 1 aliphatic rings. The molecule has 2 nitrogen and oxygen atoms in total. The average molecular weight is 288 g/mol. The van der Waals surface area contributed by atoms with Crippen LogP contribution in [0, 0.1) is 23.2 Å². The maximum absolute atomic E-state index is 9.41. The summed E-state index contributed by atoms with van der Waals surface area (Å²) in [6.45, 7) is 5.48. The number of hydrogen-bond donors (Lipinski definition) is 1. The highest BCUT2D eigenvalue weighted by Crippen LogP contribution is 2.31. The number of hydrogen-bond acceptors (Lipinski definition) is 3. The molecule has 0 bridgehead atoms. The van der Waals surface area contributed by atoms with Gasteiger partial charge in [0.1, 0.15) is 6.07 Å². The van der Waals surface area contributed by atoms with E-state index in [0.717, 1.165) is 40.3 Å². The predicted molar refractivity (Wildman–Crippen MR) is 87.2 cm³/mol. The van der Waals surface area contributed by atoms with E-state index >= 15 is 0 Å². The molecular weight excluding hydrogens is 264 g/mol. The molecule has 1 fully saturated rings. The molecule has 2 atom stereocenters. The van der Waals surface area contributed by atoms with E-state index in [1.54, 1.807) is 11.8 Å². The molecule has 2 rings (SSSR count). The van der Waals surface area contributed by atoms with E-state index in [9.17, 15) is 5.26 Å². The van der Waals surface area contributed by atoms with E-state index in [-0.39, 0.29) is 0 Å². The van der Waals surface area contributed by atoms with Gasteiger partial charge in [-0.2, -0.15) is 5.26 Å². The minimum atomic E-state index is 0.748. The summed E-state index contributed by atoms with van der Waals surface area (Å²) >= 11 is 1.74. The van der Waals surface area contributed by atoms with Gasteiger partial charge in [0.25, 0.3) is 0 Å². The van der Waals surface area contributed by atoms with Crippen molar-refractivity contribution >= 4 is 17.4 Å². The molecule has 0 radical (unpaired) electrons. The first-order valence-electron chi connectivity index (χ1n) is 7.66. The van der Waals surface area contributed by atoms with Gasteiger partial charge in [-0.25, -0.2) is 0 Å². The highest BCUT2D eigenvalue weighted by molar-refractivity contribution is 7.99. The van der Waals surface area contributed by atoms with Gasteiger partial charge in [-0.15, -0.1) is 11.8 Å². The van der Waals surface area contributed by atoms with Crippen molar-refractivity contribution in [1.82, 2.24) is 0 Å². The largest absolute Gasteiger partial charge is 0.384 e. The lowest BCUT2D eigenvalue weighted by Crippen LogP contribution is -2.24. The summed E-state index contributed by atoms with van der Waals surface area (Å²) in [7, 11) is 0. The third-order valence-electron chi connectivity index (χ3n) is 4.28. The highest BCUT2D eigenvalue weighted by atomic mass is 32.2. The molecule has 1 saturated carbocycles. The minimum absolute atomic E-state index is 0.748. The number of anilines is 1. The molecule has 2 unspecified atom stereocenters. The van der Waals surface area contributed by atoms with Gasteiger partial charge in [-0.1, -0.05) is 39.2 Å². The smallest absolute Gasteiger partial charge is 0.102 e. The van der Waals surface area contributed by atoms with Crippen LogP contribution in [0.4, 0.5) is 5.69 Å². The van der Waals surface area contributed by atoms with E-state index < -0.39 is 0 Å². The lowest BCUT2D eigenvalue weighted by molar-refractivity contribution is 0.268. The fourth-order valence-electron chi connectivity index (χ4n) is 3.01. The van der Waals surface area contributed by atoms with Crippen LogP contribution < -0.4 is 5.32 Å². The van der Waals surface area contributed by atoms with Crippen LogP contribution in [0.1, 0.15) is 45.1 Å². The molecule has 1 N–H and O–H groups in total. The summed E-state index contributed by atoms with van der Waals surface area (Å²) in [4.78, 5) is 1.09. The molecule has 108 valence electrons. The number of nitrogens with zero attached hydrogens (tertiary/aromatic N) is 1. The van der Waals surface area contributed by atoms with Crippen LogP contribution in [0.3, 0.4) is 0 Å². The Morgan fingerprint density at radius 2 is 2.15 bits per heavy atom. The monoisotopic (exact) mass is 288 g/mol. The molecule has 0 spiro atoms. The Bertz CT molecular complexity index is 478. The second kappa shape index (κ2) is 7.59. The Labute approximate surface area is 127 Å². The normalized spacial score (nSPS) is 22.2. The van der Waals surface area contributed by atoms with E-state index in [2.05, 4.69) is 25.2 Å². The van der Waals surface area contributed by atoms with Crippen molar-refractivity contribution in [1.29, 1.82) is 5.26 Å². The molecular formula is C17H24N2S. The van der Waals surface area contributed by atoms with Crippen molar-refractivity contribution < 1.29 is 0 Å². The molecule has 0 saturated heterocycles. The third-order valence-corrected chi connectivity index (χ3v) is 5.22. The maximum atomic E-state index is 9.41. The maximum Gasteiger partial charge on any atom is 0.102 e. The van der Waals surface area contributed by atoms with Gasteiger partial charge >= 0.3 is 0 Å². The van der Waals surface area contributed by atoms with Gasteiger partial charge in [-0.3, -0.25) is 0 Å². The van der Waals surface area contributed by atoms with Gasteiger partial charge in [-0.05, 0) is 36.1 Å². The first-order valence-corrected chi connectivity index (χ1v) is 8.64. The average Bonchev–Trinajstić information content (AvgIpc) is 2.47. The summed E-state index contributed by atoms with van der Waals surface area (Å²) in [5.74, 6) is 2.55. The van der Waals surface area contributed by atoms with Gasteiger partial charge < -0.3 is 5.32 Å². The summed E-state index contributed by atoms with van der Waals surface area (Å²) in [6, 6.07) is 8.49. The molecule has 0 aliphatic heterocycles. The zero-order valence-corrected chi connectivity index (χ0v) is 13.3. The van der Waals surface area contributed by atoms with Crippen LogP contribution in [0.2, 0.25) is 0 Å². The van der Waals surface area contributed by atoms with Crippen molar-refractivity contribution in [2.24, 2.45) is 11.8 Å². The molecule has 1 aromatic rings. The van der Waals surface area contributed by atoms with E-state index in [1.165, 1.54) is 25.7 Å². The van der Waals surface area contributed by atoms with Gasteiger partial charge in [0.15, 0.2) is 0 Å². The Kier molecular flexibility index (Phi) is 5.79. The molecule has 0 aromatic heterocycles. The fraction of sp³-hybridized carbons (Fsp3) is 0.588. The number of benzene rings is 1. The molecule has 1 aliphatic carbocycles. The van der Waals surface area contributed by atoms with Crippen LogP contribution in [-0.4, -0.2) is 12.3 Å². The number of rotatable bonds is 5. The molecule has 3 heteroatoms. The topological polar surface area (TPSA) is 35.8 Å². The van der Waals surface area contributed by atoms with Crippen molar-refractivity contribution in [2.75, 3.05) is 17.6 Å². The molecule has 20 heavy (non-hydrogen) atoms. The Balaban J connectivity index is 2.05. The summed E-state index contributed by atoms with van der Waals surface area (Å²) in [5.41, 5.74) is 1.81. The standard InChI is InChI=1S/C17H24N2S/c1-3-20-17-10-6-9-16(15(17)11-18)19-12-14-8-5-4-7-13(14)2/h6,9-10,13-14,19H,3-5,7-8,12H2,1-2H3. The molecule has 1 aromatic carbocycles.